The molecule has 1 fully saturated rings. The molecule has 0 bridgehead atoms. The lowest BCUT2D eigenvalue weighted by atomic mass is 10.0. The Kier molecular flexibility index (Phi) is 6.73. The van der Waals surface area contributed by atoms with E-state index in [4.69, 9.17) is 4.43 Å². The Hall–Kier alpha value is -1.50. The molecule has 3 atom stereocenters. The number of rotatable bonds is 7. The summed E-state index contributed by atoms with van der Waals surface area (Å²) in [5.41, 5.74) is 0. The molecule has 0 amide bonds. The van der Waals surface area contributed by atoms with Gasteiger partial charge in [0.25, 0.3) is 8.32 Å². The van der Waals surface area contributed by atoms with Crippen LogP contribution in [0.15, 0.2) is 60.7 Å². The lowest BCUT2D eigenvalue weighted by Gasteiger charge is -2.43. The maximum absolute atomic E-state index is 9.64. The van der Waals surface area contributed by atoms with Crippen LogP contribution in [0.2, 0.25) is 5.04 Å². The molecule has 0 radical (unpaired) electrons. The Balaban J connectivity index is 1.95. The van der Waals surface area contributed by atoms with E-state index in [1.54, 1.807) is 0 Å². The normalized spacial score (nSPS) is 23.1. The van der Waals surface area contributed by atoms with Gasteiger partial charge >= 0.3 is 0 Å². The second-order valence-corrected chi connectivity index (χ2v) is 13.3. The summed E-state index contributed by atoms with van der Waals surface area (Å²) in [6.07, 6.45) is 0.875. The van der Waals surface area contributed by atoms with Gasteiger partial charge in [-0.2, -0.15) is 0 Å². The summed E-state index contributed by atoms with van der Waals surface area (Å²) in [6.45, 7) is 7.69. The quantitative estimate of drug-likeness (QED) is 0.604. The van der Waals surface area contributed by atoms with E-state index in [1.807, 2.05) is 0 Å². The molecule has 1 saturated heterocycles. The van der Waals surface area contributed by atoms with Crippen LogP contribution >= 0.6 is 0 Å². The maximum atomic E-state index is 9.64. The molecule has 0 saturated carbocycles. The molecule has 5 heteroatoms. The Labute approximate surface area is 169 Å². The molecule has 2 aromatic carbocycles. The molecule has 1 aliphatic rings. The molecule has 152 valence electrons. The second-order valence-electron chi connectivity index (χ2n) is 8.95. The minimum absolute atomic E-state index is 0.0406. The largest absolute Gasteiger partial charge is 0.401 e. The molecule has 28 heavy (non-hydrogen) atoms. The number of nitrogens with two attached hydrogens (primary N) is 1. The first-order chi connectivity index (χ1) is 13.4. The topological polar surface area (TPSA) is 66.3 Å². The van der Waals surface area contributed by atoms with Gasteiger partial charge in [0.15, 0.2) is 0 Å². The minimum Gasteiger partial charge on any atom is -0.401 e. The van der Waals surface area contributed by atoms with Crippen LogP contribution in [0.3, 0.4) is 0 Å². The highest BCUT2D eigenvalue weighted by molar-refractivity contribution is 6.99. The van der Waals surface area contributed by atoms with Gasteiger partial charge in [-0.3, -0.25) is 0 Å². The highest BCUT2D eigenvalue weighted by atomic mass is 28.4. The average molecular weight is 401 g/mol. The summed E-state index contributed by atoms with van der Waals surface area (Å²) in [4.78, 5) is 0. The molecule has 1 aliphatic heterocycles. The molecule has 4 nitrogen and oxygen atoms in total. The van der Waals surface area contributed by atoms with E-state index >= 15 is 0 Å². The van der Waals surface area contributed by atoms with E-state index in [1.165, 1.54) is 10.4 Å². The summed E-state index contributed by atoms with van der Waals surface area (Å²) in [5, 5.41) is 24.0. The van der Waals surface area contributed by atoms with Crippen LogP contribution in [-0.4, -0.2) is 50.4 Å². The van der Waals surface area contributed by atoms with E-state index in [-0.39, 0.29) is 36.3 Å². The van der Waals surface area contributed by atoms with Gasteiger partial charge < -0.3 is 20.0 Å². The fourth-order valence-corrected chi connectivity index (χ4v) is 9.31. The van der Waals surface area contributed by atoms with Crippen LogP contribution in [0.25, 0.3) is 0 Å². The highest BCUT2D eigenvalue weighted by Crippen LogP contribution is 2.37. The zero-order valence-electron chi connectivity index (χ0n) is 17.2. The van der Waals surface area contributed by atoms with Gasteiger partial charge in [-0.15, -0.1) is 0 Å². The van der Waals surface area contributed by atoms with Crippen LogP contribution in [0.4, 0.5) is 0 Å². The van der Waals surface area contributed by atoms with E-state index in [9.17, 15) is 10.2 Å². The standard InChI is InChI=1S/C23H33NO3Si/c1-23(2,3)28(20-10-6-4-7-11-20,21-12-8-5-9-13-21)27-17-19-14-18(15-25)22(16-26)24-19/h4-13,18-19,22,24-26H,14-17H2,1-3H3/p+1/t18-,19+,22-/m0/s1. The maximum Gasteiger partial charge on any atom is 0.261 e. The predicted octanol–water partition coefficient (Wildman–Crippen LogP) is 0.868. The molecular weight excluding hydrogens is 366 g/mol. The zero-order chi connectivity index (χ0) is 20.2. The van der Waals surface area contributed by atoms with Crippen molar-refractivity contribution < 1.29 is 20.0 Å². The molecular formula is C23H34NO3Si+. The number of aliphatic hydroxyl groups excluding tert-OH is 2. The van der Waals surface area contributed by atoms with Gasteiger partial charge in [0.05, 0.1) is 19.8 Å². The van der Waals surface area contributed by atoms with Gasteiger partial charge in [-0.1, -0.05) is 81.4 Å². The van der Waals surface area contributed by atoms with Gasteiger partial charge in [-0.25, -0.2) is 0 Å². The first-order valence-corrected chi connectivity index (χ1v) is 12.1. The first-order valence-electron chi connectivity index (χ1n) is 10.2. The smallest absolute Gasteiger partial charge is 0.261 e. The molecule has 3 rings (SSSR count). The van der Waals surface area contributed by atoms with Gasteiger partial charge in [-0.05, 0) is 15.4 Å². The lowest BCUT2D eigenvalue weighted by molar-refractivity contribution is -0.706. The van der Waals surface area contributed by atoms with E-state index in [2.05, 4.69) is 86.8 Å². The minimum atomic E-state index is -2.53. The third-order valence-electron chi connectivity index (χ3n) is 6.11. The average Bonchev–Trinajstić information content (AvgIpc) is 3.11. The van der Waals surface area contributed by atoms with Gasteiger partial charge in [0.2, 0.25) is 0 Å². The summed E-state index contributed by atoms with van der Waals surface area (Å²) < 4.78 is 6.98. The van der Waals surface area contributed by atoms with Crippen LogP contribution in [0.5, 0.6) is 0 Å². The van der Waals surface area contributed by atoms with E-state index in [0.717, 1.165) is 6.42 Å². The summed E-state index contributed by atoms with van der Waals surface area (Å²) in [5.74, 6) is 0.137. The predicted molar refractivity (Wildman–Crippen MR) is 115 cm³/mol. The first kappa shape index (κ1) is 21.2. The van der Waals surface area contributed by atoms with Crippen molar-refractivity contribution in [1.29, 1.82) is 0 Å². The number of hydrogen-bond donors (Lipinski definition) is 3. The Morgan fingerprint density at radius 1 is 0.929 bits per heavy atom. The van der Waals surface area contributed by atoms with Crippen LogP contribution in [0.1, 0.15) is 27.2 Å². The second kappa shape index (κ2) is 8.89. The van der Waals surface area contributed by atoms with E-state index < -0.39 is 8.32 Å². The summed E-state index contributed by atoms with van der Waals surface area (Å²) >= 11 is 0. The van der Waals surface area contributed by atoms with Crippen molar-refractivity contribution in [1.82, 2.24) is 0 Å². The van der Waals surface area contributed by atoms with Crippen molar-refractivity contribution in [2.24, 2.45) is 5.92 Å². The highest BCUT2D eigenvalue weighted by Gasteiger charge is 2.51. The van der Waals surface area contributed by atoms with Crippen molar-refractivity contribution in [2.75, 3.05) is 19.8 Å². The third-order valence-corrected chi connectivity index (χ3v) is 11.1. The van der Waals surface area contributed by atoms with Crippen molar-refractivity contribution in [3.63, 3.8) is 0 Å². The van der Waals surface area contributed by atoms with Crippen molar-refractivity contribution >= 4 is 18.7 Å². The fraction of sp³-hybridized carbons (Fsp3) is 0.478. The molecule has 4 N–H and O–H groups in total. The number of benzene rings is 2. The number of hydrogen-bond acceptors (Lipinski definition) is 3. The summed E-state index contributed by atoms with van der Waals surface area (Å²) in [6, 6.07) is 21.6. The third kappa shape index (κ3) is 4.09. The van der Waals surface area contributed by atoms with Gasteiger partial charge in [0.1, 0.15) is 12.1 Å². The van der Waals surface area contributed by atoms with Crippen molar-refractivity contribution in [3.05, 3.63) is 60.7 Å². The summed E-state index contributed by atoms with van der Waals surface area (Å²) in [7, 11) is -2.53. The molecule has 2 aromatic rings. The molecule has 1 heterocycles. The fourth-order valence-electron chi connectivity index (χ4n) is 4.69. The van der Waals surface area contributed by atoms with E-state index in [0.29, 0.717) is 6.61 Å². The number of aliphatic hydroxyl groups is 2. The lowest BCUT2D eigenvalue weighted by Crippen LogP contribution is -2.94. The molecule has 0 spiro atoms. The van der Waals surface area contributed by atoms with Gasteiger partial charge in [0, 0.05) is 12.3 Å². The SMILES string of the molecule is CC(C)(C)[Si](OC[C@H]1C[C@@H](CO)[C@H](CO)[NH2+]1)(c1ccccc1)c1ccccc1. The molecule has 0 unspecified atom stereocenters. The van der Waals surface area contributed by atoms with Crippen molar-refractivity contribution in [2.45, 2.75) is 44.3 Å². The Morgan fingerprint density at radius 2 is 1.46 bits per heavy atom. The van der Waals surface area contributed by atoms with Crippen LogP contribution in [0, 0.1) is 5.92 Å². The van der Waals surface area contributed by atoms with Crippen LogP contribution in [-0.2, 0) is 4.43 Å². The Morgan fingerprint density at radius 3 is 1.86 bits per heavy atom. The monoisotopic (exact) mass is 400 g/mol. The molecule has 0 aromatic heterocycles. The zero-order valence-corrected chi connectivity index (χ0v) is 18.2. The number of quaternary nitrogens is 1. The Bertz CT molecular complexity index is 681. The van der Waals surface area contributed by atoms with Crippen LogP contribution < -0.4 is 15.7 Å². The molecule has 0 aliphatic carbocycles. The van der Waals surface area contributed by atoms with Crippen molar-refractivity contribution in [3.8, 4) is 0 Å².